The van der Waals surface area contributed by atoms with Gasteiger partial charge in [-0.05, 0) is 13.5 Å². The quantitative estimate of drug-likeness (QED) is 0.550. The van der Waals surface area contributed by atoms with Crippen molar-refractivity contribution in [3.63, 3.8) is 0 Å². The van der Waals surface area contributed by atoms with Crippen LogP contribution in [0, 0.1) is 0 Å². The zero-order chi connectivity index (χ0) is 10.1. The summed E-state index contributed by atoms with van der Waals surface area (Å²) in [5.74, 6) is 0. The second kappa shape index (κ2) is 8.44. The Morgan fingerprint density at radius 1 is 1.46 bits per heavy atom. The molecule has 0 aliphatic carbocycles. The predicted octanol–water partition coefficient (Wildman–Crippen LogP) is -0.336. The summed E-state index contributed by atoms with van der Waals surface area (Å²) in [4.78, 5) is 2.13. The smallest absolute Gasteiger partial charge is 0.0823 e. The van der Waals surface area contributed by atoms with Crippen molar-refractivity contribution in [3.8, 4) is 0 Å². The summed E-state index contributed by atoms with van der Waals surface area (Å²) in [6.45, 7) is 7.87. The van der Waals surface area contributed by atoms with Crippen molar-refractivity contribution in [1.82, 2.24) is 4.90 Å². The number of aliphatic hydroxyl groups excluding tert-OH is 1. The Kier molecular flexibility index (Phi) is 8.33. The second-order valence-electron chi connectivity index (χ2n) is 2.93. The Balaban J connectivity index is 3.73. The first kappa shape index (κ1) is 12.8. The van der Waals surface area contributed by atoms with Crippen molar-refractivity contribution in [2.24, 2.45) is 5.73 Å². The molecule has 0 fully saturated rings. The van der Waals surface area contributed by atoms with Gasteiger partial charge in [-0.25, -0.2) is 0 Å². The van der Waals surface area contributed by atoms with Crippen LogP contribution in [0.4, 0.5) is 0 Å². The predicted molar refractivity (Wildman–Crippen MR) is 53.7 cm³/mol. The lowest BCUT2D eigenvalue weighted by molar-refractivity contribution is 0.0365. The maximum Gasteiger partial charge on any atom is 0.0823 e. The summed E-state index contributed by atoms with van der Waals surface area (Å²) in [5.41, 5.74) is 5.54. The fourth-order valence-corrected chi connectivity index (χ4v) is 1.24. The van der Waals surface area contributed by atoms with Gasteiger partial charge in [-0.1, -0.05) is 6.92 Å². The summed E-state index contributed by atoms with van der Waals surface area (Å²) in [6, 6.07) is 0. The summed E-state index contributed by atoms with van der Waals surface area (Å²) in [7, 11) is 0. The highest BCUT2D eigenvalue weighted by atomic mass is 16.5. The molecule has 0 heterocycles. The van der Waals surface area contributed by atoms with Gasteiger partial charge in [0, 0.05) is 26.2 Å². The Morgan fingerprint density at radius 2 is 2.15 bits per heavy atom. The van der Waals surface area contributed by atoms with Crippen LogP contribution in [0.2, 0.25) is 0 Å². The van der Waals surface area contributed by atoms with E-state index in [4.69, 9.17) is 15.6 Å². The highest BCUT2D eigenvalue weighted by Crippen LogP contribution is 1.95. The number of nitrogens with two attached hydrogens (primary N) is 1. The number of hydrogen-bond donors (Lipinski definition) is 2. The lowest BCUT2D eigenvalue weighted by Gasteiger charge is -2.24. The molecule has 4 heteroatoms. The van der Waals surface area contributed by atoms with E-state index in [0.29, 0.717) is 19.7 Å². The van der Waals surface area contributed by atoms with Crippen molar-refractivity contribution in [2.75, 3.05) is 39.4 Å². The molecule has 0 saturated heterocycles. The van der Waals surface area contributed by atoms with E-state index in [1.54, 1.807) is 0 Å². The molecular formula is C9H22N2O2. The number of aliphatic hydroxyl groups is 1. The first-order chi connectivity index (χ1) is 6.28. The molecule has 80 valence electrons. The van der Waals surface area contributed by atoms with E-state index in [2.05, 4.69) is 11.8 Å². The minimum absolute atomic E-state index is 0.0940. The van der Waals surface area contributed by atoms with Gasteiger partial charge in [-0.2, -0.15) is 0 Å². The Hall–Kier alpha value is -0.160. The van der Waals surface area contributed by atoms with Crippen LogP contribution in [0.15, 0.2) is 0 Å². The first-order valence-corrected chi connectivity index (χ1v) is 4.93. The molecule has 1 unspecified atom stereocenters. The molecule has 0 aliphatic rings. The van der Waals surface area contributed by atoms with Crippen LogP contribution < -0.4 is 5.73 Å². The van der Waals surface area contributed by atoms with Crippen LogP contribution in [-0.4, -0.2) is 55.5 Å². The van der Waals surface area contributed by atoms with Crippen molar-refractivity contribution in [2.45, 2.75) is 20.0 Å². The fourth-order valence-electron chi connectivity index (χ4n) is 1.24. The van der Waals surface area contributed by atoms with Gasteiger partial charge >= 0.3 is 0 Å². The fraction of sp³-hybridized carbons (Fsp3) is 1.00. The van der Waals surface area contributed by atoms with E-state index >= 15 is 0 Å². The summed E-state index contributed by atoms with van der Waals surface area (Å²) in [5, 5.41) is 8.77. The highest BCUT2D eigenvalue weighted by Gasteiger charge is 2.10. The molecule has 3 N–H and O–H groups in total. The van der Waals surface area contributed by atoms with Crippen LogP contribution in [0.5, 0.6) is 0 Å². The molecule has 0 aromatic heterocycles. The largest absolute Gasteiger partial charge is 0.395 e. The highest BCUT2D eigenvalue weighted by molar-refractivity contribution is 4.65. The summed E-state index contributed by atoms with van der Waals surface area (Å²) >= 11 is 0. The van der Waals surface area contributed by atoms with Crippen molar-refractivity contribution < 1.29 is 9.84 Å². The van der Waals surface area contributed by atoms with Gasteiger partial charge in [-0.3, -0.25) is 4.90 Å². The van der Waals surface area contributed by atoms with Gasteiger partial charge in [0.05, 0.1) is 12.7 Å². The minimum Gasteiger partial charge on any atom is -0.395 e. The standard InChI is InChI=1S/C9H22N2O2/c1-3-11(5-6-12)8-9(7-10)13-4-2/h9,12H,3-8,10H2,1-2H3. The molecule has 0 saturated carbocycles. The van der Waals surface area contributed by atoms with Crippen LogP contribution in [0.1, 0.15) is 13.8 Å². The van der Waals surface area contributed by atoms with Crippen LogP contribution in [0.25, 0.3) is 0 Å². The summed E-state index contributed by atoms with van der Waals surface area (Å²) in [6.07, 6.45) is 0.0940. The Labute approximate surface area is 80.7 Å². The van der Waals surface area contributed by atoms with Crippen molar-refractivity contribution in [3.05, 3.63) is 0 Å². The Morgan fingerprint density at radius 3 is 2.54 bits per heavy atom. The first-order valence-electron chi connectivity index (χ1n) is 4.93. The van der Waals surface area contributed by atoms with E-state index in [9.17, 15) is 0 Å². The maximum absolute atomic E-state index is 8.77. The Bertz CT molecular complexity index is 99.8. The molecule has 0 bridgehead atoms. The van der Waals surface area contributed by atoms with E-state index in [0.717, 1.165) is 13.1 Å². The second-order valence-corrected chi connectivity index (χ2v) is 2.93. The zero-order valence-electron chi connectivity index (χ0n) is 8.70. The molecule has 0 aliphatic heterocycles. The van der Waals surface area contributed by atoms with Gasteiger partial charge in [-0.15, -0.1) is 0 Å². The van der Waals surface area contributed by atoms with E-state index < -0.39 is 0 Å². The third-order valence-electron chi connectivity index (χ3n) is 1.99. The van der Waals surface area contributed by atoms with Gasteiger partial charge in [0.15, 0.2) is 0 Å². The van der Waals surface area contributed by atoms with E-state index in [1.165, 1.54) is 0 Å². The zero-order valence-corrected chi connectivity index (χ0v) is 8.70. The average molecular weight is 190 g/mol. The van der Waals surface area contributed by atoms with Crippen LogP contribution in [-0.2, 0) is 4.74 Å². The molecule has 4 nitrogen and oxygen atoms in total. The number of rotatable bonds is 8. The molecular weight excluding hydrogens is 168 g/mol. The molecule has 0 radical (unpaired) electrons. The lowest BCUT2D eigenvalue weighted by Crippen LogP contribution is -2.39. The average Bonchev–Trinajstić information content (AvgIpc) is 2.16. The lowest BCUT2D eigenvalue weighted by atomic mass is 10.3. The van der Waals surface area contributed by atoms with Gasteiger partial charge in [0.1, 0.15) is 0 Å². The van der Waals surface area contributed by atoms with Gasteiger partial charge in [0.25, 0.3) is 0 Å². The molecule has 13 heavy (non-hydrogen) atoms. The molecule has 0 rings (SSSR count). The third kappa shape index (κ3) is 5.99. The molecule has 0 amide bonds. The topological polar surface area (TPSA) is 58.7 Å². The number of likely N-dealkylation sites (N-methyl/N-ethyl adjacent to an activating group) is 1. The van der Waals surface area contributed by atoms with Crippen LogP contribution in [0.3, 0.4) is 0 Å². The number of hydrogen-bond acceptors (Lipinski definition) is 4. The third-order valence-corrected chi connectivity index (χ3v) is 1.99. The molecule has 1 atom stereocenters. The molecule has 0 aromatic carbocycles. The monoisotopic (exact) mass is 190 g/mol. The van der Waals surface area contributed by atoms with E-state index in [1.807, 2.05) is 6.92 Å². The van der Waals surface area contributed by atoms with Gasteiger partial charge < -0.3 is 15.6 Å². The normalized spacial score (nSPS) is 13.6. The van der Waals surface area contributed by atoms with Crippen molar-refractivity contribution in [1.29, 1.82) is 0 Å². The number of nitrogens with zero attached hydrogens (tertiary/aromatic N) is 1. The number of ether oxygens (including phenoxy) is 1. The maximum atomic E-state index is 8.77. The van der Waals surface area contributed by atoms with Gasteiger partial charge in [0.2, 0.25) is 0 Å². The minimum atomic E-state index is 0.0940. The SMILES string of the molecule is CCOC(CN)CN(CC)CCO. The summed E-state index contributed by atoms with van der Waals surface area (Å²) < 4.78 is 5.42. The van der Waals surface area contributed by atoms with Crippen LogP contribution >= 0.6 is 0 Å². The van der Waals surface area contributed by atoms with E-state index in [-0.39, 0.29) is 12.7 Å². The van der Waals surface area contributed by atoms with Crippen molar-refractivity contribution >= 4 is 0 Å². The molecule has 0 spiro atoms. The molecule has 0 aromatic rings.